The van der Waals surface area contributed by atoms with Gasteiger partial charge in [-0.1, -0.05) is 24.3 Å². The maximum absolute atomic E-state index is 11.5. The summed E-state index contributed by atoms with van der Waals surface area (Å²) in [6.07, 6.45) is 7.34. The van der Waals surface area contributed by atoms with E-state index in [0.29, 0.717) is 43.1 Å². The number of piperidine rings is 1. The molecule has 1 saturated heterocycles. The molecular weight excluding hydrogens is 534 g/mol. The number of carbonyl (C=O) groups is 1. The minimum atomic E-state index is -0.837. The molecule has 0 saturated carbocycles. The minimum Gasteiger partial charge on any atom is -0.488 e. The predicted octanol–water partition coefficient (Wildman–Crippen LogP) is 5.17. The molecule has 0 bridgehead atoms. The Kier molecular flexibility index (Phi) is 8.75. The number of benzene rings is 1. The van der Waals surface area contributed by atoms with Crippen LogP contribution in [0.15, 0.2) is 67.1 Å². The Morgan fingerprint density at radius 1 is 1.02 bits per heavy atom. The van der Waals surface area contributed by atoms with Crippen LogP contribution >= 0.6 is 0 Å². The summed E-state index contributed by atoms with van der Waals surface area (Å²) >= 11 is 0. The zero-order valence-electron chi connectivity index (χ0n) is 24.0. The summed E-state index contributed by atoms with van der Waals surface area (Å²) in [6, 6.07) is 15.1. The standard InChI is InChI=1S/C31H35N7O4/c1-4-41-25-8-5-15-32-27(25)42-23-7-6-18-38(20-23)26-14-17-34-30(36-26)37-29-33-16-13-24(35-29)22-11-9-21(10-12-22)19-31(2,3)28(39)40/h5,8-17,23H,4,6-7,18-20H2,1-3H3,(H,39,40)(H,33,34,35,36,37). The molecular formula is C31H35N7O4. The van der Waals surface area contributed by atoms with Crippen molar-refractivity contribution in [1.29, 1.82) is 0 Å². The third-order valence-corrected chi connectivity index (χ3v) is 7.01. The van der Waals surface area contributed by atoms with E-state index in [0.717, 1.165) is 42.0 Å². The van der Waals surface area contributed by atoms with Gasteiger partial charge in [0.25, 0.3) is 5.88 Å². The van der Waals surface area contributed by atoms with E-state index in [-0.39, 0.29) is 6.10 Å². The Morgan fingerprint density at radius 2 is 1.79 bits per heavy atom. The monoisotopic (exact) mass is 569 g/mol. The second kappa shape index (κ2) is 12.8. The van der Waals surface area contributed by atoms with E-state index >= 15 is 0 Å². The molecule has 1 aromatic carbocycles. The van der Waals surface area contributed by atoms with Crippen molar-refractivity contribution in [3.8, 4) is 22.9 Å². The molecule has 1 aliphatic rings. The fraction of sp³-hybridized carbons (Fsp3) is 0.355. The highest BCUT2D eigenvalue weighted by molar-refractivity contribution is 5.74. The molecule has 11 heteroatoms. The number of aliphatic carboxylic acids is 1. The minimum absolute atomic E-state index is 0.0548. The number of nitrogens with zero attached hydrogens (tertiary/aromatic N) is 6. The van der Waals surface area contributed by atoms with E-state index < -0.39 is 11.4 Å². The van der Waals surface area contributed by atoms with Gasteiger partial charge in [-0.3, -0.25) is 10.1 Å². The van der Waals surface area contributed by atoms with Gasteiger partial charge in [-0.25, -0.2) is 19.9 Å². The number of pyridine rings is 1. The van der Waals surface area contributed by atoms with Gasteiger partial charge in [0, 0.05) is 30.7 Å². The Hall–Kier alpha value is -4.80. The van der Waals surface area contributed by atoms with Crippen LogP contribution in [0.5, 0.6) is 11.6 Å². The zero-order chi connectivity index (χ0) is 29.5. The van der Waals surface area contributed by atoms with Gasteiger partial charge in [-0.15, -0.1) is 0 Å². The summed E-state index contributed by atoms with van der Waals surface area (Å²) in [6.45, 7) is 7.43. The van der Waals surface area contributed by atoms with Gasteiger partial charge in [-0.2, -0.15) is 4.98 Å². The number of anilines is 3. The molecule has 2 N–H and O–H groups in total. The van der Waals surface area contributed by atoms with Gasteiger partial charge < -0.3 is 19.5 Å². The van der Waals surface area contributed by atoms with E-state index in [1.54, 1.807) is 32.4 Å². The van der Waals surface area contributed by atoms with Gasteiger partial charge in [-0.05, 0) is 69.9 Å². The van der Waals surface area contributed by atoms with E-state index in [4.69, 9.17) is 14.5 Å². The lowest BCUT2D eigenvalue weighted by Gasteiger charge is -2.33. The van der Waals surface area contributed by atoms with Crippen LogP contribution in [0.4, 0.5) is 17.7 Å². The molecule has 1 fully saturated rings. The first-order valence-electron chi connectivity index (χ1n) is 14.1. The highest BCUT2D eigenvalue weighted by atomic mass is 16.5. The second-order valence-corrected chi connectivity index (χ2v) is 10.8. The molecule has 1 atom stereocenters. The summed E-state index contributed by atoms with van der Waals surface area (Å²) < 4.78 is 11.9. The van der Waals surface area contributed by atoms with Gasteiger partial charge in [0.15, 0.2) is 5.75 Å². The van der Waals surface area contributed by atoms with Crippen molar-refractivity contribution < 1.29 is 19.4 Å². The summed E-state index contributed by atoms with van der Waals surface area (Å²) in [5, 5.41) is 12.5. The molecule has 1 aliphatic heterocycles. The molecule has 218 valence electrons. The lowest BCUT2D eigenvalue weighted by Crippen LogP contribution is -2.41. The highest BCUT2D eigenvalue weighted by Gasteiger charge is 2.27. The first-order chi connectivity index (χ1) is 20.3. The van der Waals surface area contributed by atoms with Gasteiger partial charge >= 0.3 is 5.97 Å². The van der Waals surface area contributed by atoms with E-state index in [9.17, 15) is 9.90 Å². The molecule has 11 nitrogen and oxygen atoms in total. The van der Waals surface area contributed by atoms with Crippen molar-refractivity contribution in [2.45, 2.75) is 46.1 Å². The Bertz CT molecular complexity index is 1510. The molecule has 4 heterocycles. The quantitative estimate of drug-likeness (QED) is 0.247. The lowest BCUT2D eigenvalue weighted by atomic mass is 9.86. The average Bonchev–Trinajstić information content (AvgIpc) is 2.99. The smallest absolute Gasteiger partial charge is 0.309 e. The maximum Gasteiger partial charge on any atom is 0.309 e. The Labute approximate surface area is 245 Å². The van der Waals surface area contributed by atoms with Gasteiger partial charge in [0.1, 0.15) is 11.9 Å². The molecule has 0 amide bonds. The number of nitrogens with one attached hydrogen (secondary N) is 1. The molecule has 0 radical (unpaired) electrons. The highest BCUT2D eigenvalue weighted by Crippen LogP contribution is 2.28. The van der Waals surface area contributed by atoms with Crippen LogP contribution < -0.4 is 19.7 Å². The van der Waals surface area contributed by atoms with Crippen molar-refractivity contribution in [2.24, 2.45) is 5.41 Å². The van der Waals surface area contributed by atoms with E-state index in [2.05, 4.69) is 30.2 Å². The zero-order valence-corrected chi connectivity index (χ0v) is 24.0. The number of rotatable bonds is 11. The van der Waals surface area contributed by atoms with Gasteiger partial charge in [0.2, 0.25) is 11.9 Å². The molecule has 4 aromatic rings. The topological polar surface area (TPSA) is 135 Å². The lowest BCUT2D eigenvalue weighted by molar-refractivity contribution is -0.146. The number of ether oxygens (including phenoxy) is 2. The van der Waals surface area contributed by atoms with Crippen molar-refractivity contribution >= 4 is 23.7 Å². The maximum atomic E-state index is 11.5. The van der Waals surface area contributed by atoms with E-state index in [1.807, 2.05) is 55.5 Å². The molecule has 0 aliphatic carbocycles. The molecule has 42 heavy (non-hydrogen) atoms. The molecule has 3 aromatic heterocycles. The van der Waals surface area contributed by atoms with Crippen LogP contribution in [-0.4, -0.2) is 61.8 Å². The molecule has 0 spiro atoms. The van der Waals surface area contributed by atoms with Crippen molar-refractivity contribution in [1.82, 2.24) is 24.9 Å². The number of hydrogen-bond donors (Lipinski definition) is 2. The van der Waals surface area contributed by atoms with E-state index in [1.165, 1.54) is 0 Å². The van der Waals surface area contributed by atoms with Gasteiger partial charge in [0.05, 0.1) is 24.3 Å². The SMILES string of the molecule is CCOc1cccnc1OC1CCCN(c2ccnc(Nc3nccc(-c4ccc(CC(C)(C)C(=O)O)cc4)n3)n2)C1. The normalized spacial score (nSPS) is 15.2. The fourth-order valence-electron chi connectivity index (χ4n) is 4.77. The van der Waals surface area contributed by atoms with Crippen molar-refractivity contribution in [3.05, 3.63) is 72.7 Å². The number of carboxylic acid groups (broad SMARTS) is 1. The summed E-state index contributed by atoms with van der Waals surface area (Å²) in [7, 11) is 0. The third-order valence-electron chi connectivity index (χ3n) is 7.01. The summed E-state index contributed by atoms with van der Waals surface area (Å²) in [5.74, 6) is 1.88. The largest absolute Gasteiger partial charge is 0.488 e. The van der Waals surface area contributed by atoms with Crippen molar-refractivity contribution in [2.75, 3.05) is 29.9 Å². The fourth-order valence-corrected chi connectivity index (χ4v) is 4.77. The molecule has 5 rings (SSSR count). The van der Waals surface area contributed by atoms with Crippen molar-refractivity contribution in [3.63, 3.8) is 0 Å². The number of carboxylic acids is 1. The van der Waals surface area contributed by atoms with Crippen LogP contribution in [0.25, 0.3) is 11.3 Å². The van der Waals surface area contributed by atoms with Crippen LogP contribution in [0.2, 0.25) is 0 Å². The van der Waals surface area contributed by atoms with Crippen LogP contribution in [0.3, 0.4) is 0 Å². The number of hydrogen-bond acceptors (Lipinski definition) is 10. The first-order valence-corrected chi connectivity index (χ1v) is 14.1. The summed E-state index contributed by atoms with van der Waals surface area (Å²) in [4.78, 5) is 36.1. The average molecular weight is 570 g/mol. The Balaban J connectivity index is 1.25. The summed E-state index contributed by atoms with van der Waals surface area (Å²) in [5.41, 5.74) is 1.73. The van der Waals surface area contributed by atoms with Crippen LogP contribution in [-0.2, 0) is 11.2 Å². The van der Waals surface area contributed by atoms with Crippen LogP contribution in [0, 0.1) is 5.41 Å². The predicted molar refractivity (Wildman–Crippen MR) is 159 cm³/mol. The third kappa shape index (κ3) is 7.09. The Morgan fingerprint density at radius 3 is 2.55 bits per heavy atom. The first kappa shape index (κ1) is 28.7. The molecule has 1 unspecified atom stereocenters. The van der Waals surface area contributed by atoms with Crippen LogP contribution in [0.1, 0.15) is 39.2 Å². The number of aromatic nitrogens is 5. The second-order valence-electron chi connectivity index (χ2n) is 10.8.